The summed E-state index contributed by atoms with van der Waals surface area (Å²) in [5, 5.41) is 0. The molecule has 0 amide bonds. The van der Waals surface area contributed by atoms with E-state index in [4.69, 9.17) is 11.5 Å². The molecule has 4 N–H and O–H groups in total. The van der Waals surface area contributed by atoms with Gasteiger partial charge in [-0.2, -0.15) is 0 Å². The van der Waals surface area contributed by atoms with E-state index in [2.05, 4.69) is 0 Å². The van der Waals surface area contributed by atoms with Gasteiger partial charge in [-0.05, 0) is 35.9 Å². The number of allylic oxidation sites excluding steroid dienone is 1. The van der Waals surface area contributed by atoms with Crippen LogP contribution in [0.15, 0.2) is 54.6 Å². The van der Waals surface area contributed by atoms with Gasteiger partial charge in [0, 0.05) is 16.9 Å². The first kappa shape index (κ1) is 11.9. The van der Waals surface area contributed by atoms with Crippen LogP contribution in [0.25, 0.3) is 6.08 Å². The summed E-state index contributed by atoms with van der Waals surface area (Å²) in [5.74, 6) is -0.115. The minimum atomic E-state index is -0.115. The van der Waals surface area contributed by atoms with Crippen molar-refractivity contribution in [2.45, 2.75) is 0 Å². The standard InChI is InChI=1S/C15H14N2O/c16-12-5-3-4-11(10-12)8-9-15(18)13-6-1-2-7-14(13)17/h1-10H,16-17H2. The molecule has 0 fully saturated rings. The first-order chi connectivity index (χ1) is 8.66. The van der Waals surface area contributed by atoms with Crippen LogP contribution in [0.2, 0.25) is 0 Å². The van der Waals surface area contributed by atoms with E-state index in [0.717, 1.165) is 5.56 Å². The largest absolute Gasteiger partial charge is 0.399 e. The summed E-state index contributed by atoms with van der Waals surface area (Å²) >= 11 is 0. The van der Waals surface area contributed by atoms with Gasteiger partial charge in [0.2, 0.25) is 0 Å². The number of benzene rings is 2. The number of para-hydroxylation sites is 1. The maximum absolute atomic E-state index is 11.9. The van der Waals surface area contributed by atoms with Crippen molar-refractivity contribution in [1.29, 1.82) is 0 Å². The molecule has 0 aliphatic heterocycles. The van der Waals surface area contributed by atoms with Crippen molar-refractivity contribution in [3.05, 3.63) is 65.7 Å². The van der Waals surface area contributed by atoms with Crippen molar-refractivity contribution < 1.29 is 4.79 Å². The lowest BCUT2D eigenvalue weighted by Gasteiger charge is -2.00. The highest BCUT2D eigenvalue weighted by molar-refractivity contribution is 6.10. The minimum absolute atomic E-state index is 0.115. The molecule has 0 unspecified atom stereocenters. The third-order valence-corrected chi connectivity index (χ3v) is 2.56. The Morgan fingerprint density at radius 2 is 1.78 bits per heavy atom. The highest BCUT2D eigenvalue weighted by Crippen LogP contribution is 2.13. The molecule has 0 atom stereocenters. The summed E-state index contributed by atoms with van der Waals surface area (Å²) < 4.78 is 0. The molecule has 0 heterocycles. The molecule has 0 bridgehead atoms. The molecule has 3 heteroatoms. The second-order valence-corrected chi connectivity index (χ2v) is 3.95. The van der Waals surface area contributed by atoms with Crippen LogP contribution in [0.4, 0.5) is 11.4 Å². The van der Waals surface area contributed by atoms with E-state index in [1.54, 1.807) is 42.5 Å². The van der Waals surface area contributed by atoms with E-state index in [-0.39, 0.29) is 5.78 Å². The minimum Gasteiger partial charge on any atom is -0.399 e. The van der Waals surface area contributed by atoms with Crippen molar-refractivity contribution in [3.8, 4) is 0 Å². The summed E-state index contributed by atoms with van der Waals surface area (Å²) in [6.45, 7) is 0. The SMILES string of the molecule is Nc1cccc(C=CC(=O)c2ccccc2N)c1. The molecule has 90 valence electrons. The highest BCUT2D eigenvalue weighted by Gasteiger charge is 2.04. The van der Waals surface area contributed by atoms with Gasteiger partial charge in [0.1, 0.15) is 0 Å². The van der Waals surface area contributed by atoms with E-state index in [9.17, 15) is 4.79 Å². The molecular weight excluding hydrogens is 224 g/mol. The Morgan fingerprint density at radius 1 is 1.00 bits per heavy atom. The van der Waals surface area contributed by atoms with Gasteiger partial charge < -0.3 is 11.5 Å². The molecule has 0 radical (unpaired) electrons. The van der Waals surface area contributed by atoms with Gasteiger partial charge in [-0.25, -0.2) is 0 Å². The Bertz CT molecular complexity index is 603. The van der Waals surface area contributed by atoms with Gasteiger partial charge in [-0.3, -0.25) is 4.79 Å². The maximum atomic E-state index is 11.9. The predicted molar refractivity (Wildman–Crippen MR) is 75.1 cm³/mol. The number of carbonyl (C=O) groups excluding carboxylic acids is 1. The monoisotopic (exact) mass is 238 g/mol. The maximum Gasteiger partial charge on any atom is 0.187 e. The normalized spacial score (nSPS) is 10.7. The molecule has 2 aromatic rings. The molecule has 3 nitrogen and oxygen atoms in total. The molecule has 18 heavy (non-hydrogen) atoms. The van der Waals surface area contributed by atoms with Crippen LogP contribution in [0.5, 0.6) is 0 Å². The fourth-order valence-corrected chi connectivity index (χ4v) is 1.65. The zero-order valence-corrected chi connectivity index (χ0v) is 9.84. The summed E-state index contributed by atoms with van der Waals surface area (Å²) in [7, 11) is 0. The third-order valence-electron chi connectivity index (χ3n) is 2.56. The van der Waals surface area contributed by atoms with E-state index in [1.165, 1.54) is 6.08 Å². The first-order valence-electron chi connectivity index (χ1n) is 5.59. The van der Waals surface area contributed by atoms with Crippen molar-refractivity contribution in [3.63, 3.8) is 0 Å². The van der Waals surface area contributed by atoms with Crippen LogP contribution in [-0.2, 0) is 0 Å². The van der Waals surface area contributed by atoms with E-state index >= 15 is 0 Å². The van der Waals surface area contributed by atoms with E-state index < -0.39 is 0 Å². The fourth-order valence-electron chi connectivity index (χ4n) is 1.65. The Labute approximate surface area is 106 Å². The fraction of sp³-hybridized carbons (Fsp3) is 0. The average Bonchev–Trinajstić information content (AvgIpc) is 2.37. The molecule has 0 saturated heterocycles. The van der Waals surface area contributed by atoms with Crippen LogP contribution in [0, 0.1) is 0 Å². The molecule has 2 aromatic carbocycles. The highest BCUT2D eigenvalue weighted by atomic mass is 16.1. The van der Waals surface area contributed by atoms with Gasteiger partial charge in [0.05, 0.1) is 0 Å². The Balaban J connectivity index is 2.20. The third kappa shape index (κ3) is 2.77. The summed E-state index contributed by atoms with van der Waals surface area (Å²) in [6, 6.07) is 14.3. The summed E-state index contributed by atoms with van der Waals surface area (Å²) in [5.41, 5.74) is 14.0. The molecule has 0 spiro atoms. The quantitative estimate of drug-likeness (QED) is 0.490. The van der Waals surface area contributed by atoms with Gasteiger partial charge >= 0.3 is 0 Å². The Kier molecular flexibility index (Phi) is 3.44. The number of carbonyl (C=O) groups is 1. The average molecular weight is 238 g/mol. The Morgan fingerprint density at radius 3 is 2.50 bits per heavy atom. The van der Waals surface area contributed by atoms with Gasteiger partial charge in [-0.1, -0.05) is 30.3 Å². The predicted octanol–water partition coefficient (Wildman–Crippen LogP) is 2.75. The van der Waals surface area contributed by atoms with Crippen molar-refractivity contribution >= 4 is 23.2 Å². The molecule has 0 saturated carbocycles. The summed E-state index contributed by atoms with van der Waals surface area (Å²) in [4.78, 5) is 11.9. The number of hydrogen-bond acceptors (Lipinski definition) is 3. The molecule has 0 aliphatic carbocycles. The second kappa shape index (κ2) is 5.19. The molecule has 0 aromatic heterocycles. The molecule has 0 aliphatic rings. The van der Waals surface area contributed by atoms with Crippen LogP contribution < -0.4 is 11.5 Å². The van der Waals surface area contributed by atoms with Crippen molar-refractivity contribution in [1.82, 2.24) is 0 Å². The van der Waals surface area contributed by atoms with E-state index in [0.29, 0.717) is 16.9 Å². The zero-order chi connectivity index (χ0) is 13.0. The summed E-state index contributed by atoms with van der Waals surface area (Å²) in [6.07, 6.45) is 3.23. The number of ketones is 1. The van der Waals surface area contributed by atoms with Crippen LogP contribution >= 0.6 is 0 Å². The van der Waals surface area contributed by atoms with E-state index in [1.807, 2.05) is 12.1 Å². The lowest BCUT2D eigenvalue weighted by atomic mass is 10.1. The number of nitrogens with two attached hydrogens (primary N) is 2. The van der Waals surface area contributed by atoms with Crippen molar-refractivity contribution in [2.24, 2.45) is 0 Å². The molecule has 2 rings (SSSR count). The number of hydrogen-bond donors (Lipinski definition) is 2. The van der Waals surface area contributed by atoms with Crippen LogP contribution in [0.3, 0.4) is 0 Å². The van der Waals surface area contributed by atoms with Gasteiger partial charge in [0.15, 0.2) is 5.78 Å². The second-order valence-electron chi connectivity index (χ2n) is 3.95. The van der Waals surface area contributed by atoms with Crippen molar-refractivity contribution in [2.75, 3.05) is 11.5 Å². The molecular formula is C15H14N2O. The van der Waals surface area contributed by atoms with Gasteiger partial charge in [-0.15, -0.1) is 0 Å². The lowest BCUT2D eigenvalue weighted by Crippen LogP contribution is -1.99. The zero-order valence-electron chi connectivity index (χ0n) is 9.84. The number of anilines is 2. The lowest BCUT2D eigenvalue weighted by molar-refractivity contribution is 0.104. The Hall–Kier alpha value is -2.55. The number of rotatable bonds is 3. The van der Waals surface area contributed by atoms with Crippen LogP contribution in [0.1, 0.15) is 15.9 Å². The topological polar surface area (TPSA) is 69.1 Å². The van der Waals surface area contributed by atoms with Crippen LogP contribution in [-0.4, -0.2) is 5.78 Å². The number of nitrogen functional groups attached to an aromatic ring is 2. The van der Waals surface area contributed by atoms with Gasteiger partial charge in [0.25, 0.3) is 0 Å². The smallest absolute Gasteiger partial charge is 0.187 e. The first-order valence-corrected chi connectivity index (χ1v) is 5.59.